The van der Waals surface area contributed by atoms with Gasteiger partial charge < -0.3 is 15.2 Å². The molecule has 1 aromatic rings. The van der Waals surface area contributed by atoms with E-state index in [2.05, 4.69) is 0 Å². The number of nitrogens with two attached hydrogens (primary N) is 1. The highest BCUT2D eigenvalue weighted by molar-refractivity contribution is 7.10. The largest absolute Gasteiger partial charge is 0.496 e. The van der Waals surface area contributed by atoms with E-state index < -0.39 is 0 Å². The summed E-state index contributed by atoms with van der Waals surface area (Å²) in [7, 11) is 1.69. The van der Waals surface area contributed by atoms with Gasteiger partial charge in [0.15, 0.2) is 0 Å². The van der Waals surface area contributed by atoms with Crippen molar-refractivity contribution in [3.63, 3.8) is 0 Å². The summed E-state index contributed by atoms with van der Waals surface area (Å²) in [5, 5.41) is 2.01. The van der Waals surface area contributed by atoms with E-state index in [-0.39, 0.29) is 6.04 Å². The second kappa shape index (κ2) is 6.38. The van der Waals surface area contributed by atoms with Crippen molar-refractivity contribution < 1.29 is 9.47 Å². The molecule has 1 saturated heterocycles. The summed E-state index contributed by atoms with van der Waals surface area (Å²) < 4.78 is 10.8. The Kier molecular flexibility index (Phi) is 4.83. The number of hydrogen-bond donors (Lipinski definition) is 1. The van der Waals surface area contributed by atoms with Crippen molar-refractivity contribution in [2.24, 2.45) is 5.73 Å². The first-order valence-corrected chi connectivity index (χ1v) is 7.17. The van der Waals surface area contributed by atoms with Gasteiger partial charge in [0.05, 0.1) is 13.2 Å². The molecule has 2 N–H and O–H groups in total. The Hall–Kier alpha value is -0.580. The van der Waals surface area contributed by atoms with Crippen molar-refractivity contribution in [1.82, 2.24) is 0 Å². The Labute approximate surface area is 107 Å². The number of methoxy groups -OCH3 is 1. The van der Waals surface area contributed by atoms with Crippen LogP contribution in [0.2, 0.25) is 0 Å². The Balaban J connectivity index is 1.70. The third-order valence-corrected chi connectivity index (χ3v) is 4.30. The van der Waals surface area contributed by atoms with Gasteiger partial charge in [-0.2, -0.15) is 0 Å². The topological polar surface area (TPSA) is 44.5 Å². The van der Waals surface area contributed by atoms with Crippen molar-refractivity contribution in [1.29, 1.82) is 0 Å². The van der Waals surface area contributed by atoms with Crippen molar-refractivity contribution in [3.05, 3.63) is 16.3 Å². The fourth-order valence-electron chi connectivity index (χ4n) is 2.22. The van der Waals surface area contributed by atoms with Crippen LogP contribution in [0, 0.1) is 0 Å². The Morgan fingerprint density at radius 1 is 1.65 bits per heavy atom. The van der Waals surface area contributed by atoms with E-state index >= 15 is 0 Å². The van der Waals surface area contributed by atoms with Gasteiger partial charge in [-0.15, -0.1) is 11.3 Å². The summed E-state index contributed by atoms with van der Waals surface area (Å²) in [5.74, 6) is 0.916. The van der Waals surface area contributed by atoms with Crippen LogP contribution in [0.15, 0.2) is 11.4 Å². The molecule has 4 heteroatoms. The minimum absolute atomic E-state index is 0.144. The molecule has 0 amide bonds. The fourth-order valence-corrected chi connectivity index (χ4v) is 3.11. The van der Waals surface area contributed by atoms with Crippen LogP contribution < -0.4 is 10.5 Å². The van der Waals surface area contributed by atoms with E-state index in [1.165, 1.54) is 17.7 Å². The maximum atomic E-state index is 6.16. The number of hydrogen-bond acceptors (Lipinski definition) is 4. The Bertz CT molecular complexity index is 334. The second-order valence-corrected chi connectivity index (χ2v) is 5.50. The lowest BCUT2D eigenvalue weighted by molar-refractivity contribution is 0.101. The first-order chi connectivity index (χ1) is 8.29. The zero-order chi connectivity index (χ0) is 12.1. The van der Waals surface area contributed by atoms with E-state index in [0.29, 0.717) is 6.10 Å². The third kappa shape index (κ3) is 3.69. The van der Waals surface area contributed by atoms with Gasteiger partial charge in [0, 0.05) is 22.9 Å². The van der Waals surface area contributed by atoms with Crippen LogP contribution in [0.4, 0.5) is 0 Å². The molecule has 1 aliphatic rings. The molecule has 0 radical (unpaired) electrons. The van der Waals surface area contributed by atoms with Gasteiger partial charge in [-0.05, 0) is 38.2 Å². The molecule has 1 fully saturated rings. The Morgan fingerprint density at radius 2 is 2.53 bits per heavy atom. The minimum Gasteiger partial charge on any atom is -0.496 e. The van der Waals surface area contributed by atoms with Crippen LogP contribution in [0.5, 0.6) is 5.75 Å². The van der Waals surface area contributed by atoms with E-state index in [1.54, 1.807) is 18.4 Å². The molecule has 2 rings (SSSR count). The van der Waals surface area contributed by atoms with E-state index in [4.69, 9.17) is 15.2 Å². The zero-order valence-corrected chi connectivity index (χ0v) is 11.2. The highest BCUT2D eigenvalue weighted by Crippen LogP contribution is 2.29. The van der Waals surface area contributed by atoms with Crippen LogP contribution in [-0.2, 0) is 4.74 Å². The van der Waals surface area contributed by atoms with Gasteiger partial charge >= 0.3 is 0 Å². The molecule has 17 heavy (non-hydrogen) atoms. The second-order valence-electron chi connectivity index (χ2n) is 4.56. The van der Waals surface area contributed by atoms with Crippen LogP contribution in [0.25, 0.3) is 0 Å². The molecule has 0 spiro atoms. The predicted molar refractivity (Wildman–Crippen MR) is 70.6 cm³/mol. The lowest BCUT2D eigenvalue weighted by Crippen LogP contribution is -2.11. The number of ether oxygens (including phenoxy) is 2. The molecule has 96 valence electrons. The monoisotopic (exact) mass is 255 g/mol. The quantitative estimate of drug-likeness (QED) is 0.849. The molecule has 0 saturated carbocycles. The average molecular weight is 255 g/mol. The molecular formula is C13H21NO2S. The van der Waals surface area contributed by atoms with Gasteiger partial charge in [0.1, 0.15) is 5.75 Å². The van der Waals surface area contributed by atoms with E-state index in [0.717, 1.165) is 31.6 Å². The molecule has 1 aliphatic heterocycles. The molecule has 0 aromatic carbocycles. The minimum atomic E-state index is 0.144. The van der Waals surface area contributed by atoms with Gasteiger partial charge in [0.25, 0.3) is 0 Å². The summed E-state index contributed by atoms with van der Waals surface area (Å²) in [6, 6.07) is 2.19. The number of rotatable bonds is 6. The van der Waals surface area contributed by atoms with Crippen LogP contribution in [-0.4, -0.2) is 19.8 Å². The SMILES string of the molecule is COc1csc(C(N)CCCC2CCCO2)c1. The van der Waals surface area contributed by atoms with Crippen molar-refractivity contribution >= 4 is 11.3 Å². The molecule has 2 heterocycles. The third-order valence-electron chi connectivity index (χ3n) is 3.26. The van der Waals surface area contributed by atoms with E-state index in [1.807, 2.05) is 11.4 Å². The van der Waals surface area contributed by atoms with Crippen LogP contribution in [0.1, 0.15) is 43.0 Å². The Morgan fingerprint density at radius 3 is 3.18 bits per heavy atom. The molecule has 0 aliphatic carbocycles. The van der Waals surface area contributed by atoms with Crippen LogP contribution >= 0.6 is 11.3 Å². The maximum Gasteiger partial charge on any atom is 0.129 e. The predicted octanol–water partition coefficient (Wildman–Crippen LogP) is 3.11. The average Bonchev–Trinajstić information content (AvgIpc) is 2.99. The van der Waals surface area contributed by atoms with Crippen molar-refractivity contribution in [2.75, 3.05) is 13.7 Å². The molecular weight excluding hydrogens is 234 g/mol. The molecule has 0 bridgehead atoms. The summed E-state index contributed by atoms with van der Waals surface area (Å²) in [5.41, 5.74) is 6.16. The van der Waals surface area contributed by atoms with Crippen molar-refractivity contribution in [3.8, 4) is 5.75 Å². The smallest absolute Gasteiger partial charge is 0.129 e. The van der Waals surface area contributed by atoms with Gasteiger partial charge in [0.2, 0.25) is 0 Å². The number of thiophene rings is 1. The highest BCUT2D eigenvalue weighted by Gasteiger charge is 2.16. The summed E-state index contributed by atoms with van der Waals surface area (Å²) in [6.45, 7) is 0.943. The van der Waals surface area contributed by atoms with Gasteiger partial charge in [-0.25, -0.2) is 0 Å². The lowest BCUT2D eigenvalue weighted by Gasteiger charge is -2.12. The van der Waals surface area contributed by atoms with Crippen LogP contribution in [0.3, 0.4) is 0 Å². The van der Waals surface area contributed by atoms with Crippen molar-refractivity contribution in [2.45, 2.75) is 44.2 Å². The molecule has 2 unspecified atom stereocenters. The molecule has 2 atom stereocenters. The fraction of sp³-hybridized carbons (Fsp3) is 0.692. The normalized spacial score (nSPS) is 21.6. The molecule has 1 aromatic heterocycles. The first-order valence-electron chi connectivity index (χ1n) is 6.29. The summed E-state index contributed by atoms with van der Waals surface area (Å²) in [4.78, 5) is 1.22. The van der Waals surface area contributed by atoms with Gasteiger partial charge in [-0.1, -0.05) is 0 Å². The zero-order valence-electron chi connectivity index (χ0n) is 10.4. The standard InChI is InChI=1S/C13H21NO2S/c1-15-11-8-13(17-9-11)12(14)6-2-4-10-5-3-7-16-10/h8-10,12H,2-7,14H2,1H3. The summed E-state index contributed by atoms with van der Waals surface area (Å²) >= 11 is 1.68. The lowest BCUT2D eigenvalue weighted by atomic mass is 10.0. The maximum absolute atomic E-state index is 6.16. The van der Waals surface area contributed by atoms with E-state index in [9.17, 15) is 0 Å². The highest BCUT2D eigenvalue weighted by atomic mass is 32.1. The van der Waals surface area contributed by atoms with Gasteiger partial charge in [-0.3, -0.25) is 0 Å². The molecule has 3 nitrogen and oxygen atoms in total. The summed E-state index contributed by atoms with van der Waals surface area (Å²) in [6.07, 6.45) is 6.26. The first kappa shape index (κ1) is 12.9.